The van der Waals surface area contributed by atoms with Crippen LogP contribution in [0.2, 0.25) is 0 Å². The molecule has 1 aromatic heterocycles. The fourth-order valence-corrected chi connectivity index (χ4v) is 8.11. The maximum Gasteiger partial charge on any atom is 0.238 e. The van der Waals surface area contributed by atoms with Gasteiger partial charge in [-0.25, -0.2) is 0 Å². The average molecular weight is 599 g/mol. The smallest absolute Gasteiger partial charge is 0.238 e. The molecule has 228 valence electrons. The van der Waals surface area contributed by atoms with E-state index in [0.29, 0.717) is 23.5 Å². The number of carbonyl (C=O) groups is 2. The van der Waals surface area contributed by atoms with E-state index < -0.39 is 22.7 Å². The van der Waals surface area contributed by atoms with Crippen molar-refractivity contribution < 1.29 is 39.5 Å². The van der Waals surface area contributed by atoms with Crippen molar-refractivity contribution in [3.05, 3.63) is 76.5 Å². The van der Waals surface area contributed by atoms with E-state index >= 15 is 0 Å². The van der Waals surface area contributed by atoms with Gasteiger partial charge in [0.15, 0.2) is 23.0 Å². The van der Waals surface area contributed by atoms with Gasteiger partial charge in [0.1, 0.15) is 28.3 Å². The zero-order chi connectivity index (χ0) is 31.7. The molecular weight excluding hydrogens is 564 g/mol. The van der Waals surface area contributed by atoms with Crippen molar-refractivity contribution >= 4 is 22.5 Å². The highest BCUT2D eigenvalue weighted by molar-refractivity contribution is 6.02. The van der Waals surface area contributed by atoms with Crippen LogP contribution in [-0.2, 0) is 9.59 Å². The van der Waals surface area contributed by atoms with E-state index in [0.717, 1.165) is 67.5 Å². The lowest BCUT2D eigenvalue weighted by atomic mass is 9.48. The van der Waals surface area contributed by atoms with Gasteiger partial charge in [0.05, 0.1) is 0 Å². The van der Waals surface area contributed by atoms with Crippen LogP contribution in [0.15, 0.2) is 75.5 Å². The van der Waals surface area contributed by atoms with Crippen molar-refractivity contribution in [2.45, 2.75) is 46.0 Å². The second kappa shape index (κ2) is 10.1. The van der Waals surface area contributed by atoms with Crippen LogP contribution in [0.3, 0.4) is 0 Å². The van der Waals surface area contributed by atoms with Gasteiger partial charge in [0, 0.05) is 34.9 Å². The van der Waals surface area contributed by atoms with Gasteiger partial charge in [0.25, 0.3) is 0 Å². The molecule has 0 radical (unpaired) electrons. The lowest BCUT2D eigenvalue weighted by molar-refractivity contribution is -0.131. The van der Waals surface area contributed by atoms with Crippen LogP contribution in [0.1, 0.15) is 46.0 Å². The highest BCUT2D eigenvalue weighted by atomic mass is 16.4. The van der Waals surface area contributed by atoms with Gasteiger partial charge in [0.2, 0.25) is 11.2 Å². The quantitative estimate of drug-likeness (QED) is 0.211. The van der Waals surface area contributed by atoms with Gasteiger partial charge in [-0.05, 0) is 79.4 Å². The van der Waals surface area contributed by atoms with Crippen LogP contribution >= 0.6 is 0 Å². The minimum atomic E-state index is -0.888. The molecule has 0 aliphatic heterocycles. The summed E-state index contributed by atoms with van der Waals surface area (Å²) in [5.74, 6) is -0.574. The van der Waals surface area contributed by atoms with Gasteiger partial charge in [-0.3, -0.25) is 14.4 Å². The fraction of sp³-hybridized carbons (Fsp3) is 0.343. The summed E-state index contributed by atoms with van der Waals surface area (Å²) in [5.41, 5.74) is 1.20. The molecule has 4 aliphatic carbocycles. The molecular formula is C35H34O9. The third-order valence-electron chi connectivity index (χ3n) is 10.4. The Morgan fingerprint density at radius 1 is 0.909 bits per heavy atom. The molecule has 0 spiro atoms. The Kier molecular flexibility index (Phi) is 6.75. The normalized spacial score (nSPS) is 28.9. The SMILES string of the molecule is C=C1C[C@@H]2[C@H](CC[C@]3(C)C(=O)CC[C@@H]23)[C@@]2(C)C=CC(=O)C=C12.O=c1c(O)c(-c2ccc(O)c(O)c2)oc2cc(O)cc(O)c12. The monoisotopic (exact) mass is 598 g/mol. The van der Waals surface area contributed by atoms with Crippen LogP contribution in [0.25, 0.3) is 22.3 Å². The van der Waals surface area contributed by atoms with E-state index in [2.05, 4.69) is 26.5 Å². The van der Waals surface area contributed by atoms with Crippen molar-refractivity contribution in [1.82, 2.24) is 0 Å². The predicted molar refractivity (Wildman–Crippen MR) is 162 cm³/mol. The molecule has 0 amide bonds. The summed E-state index contributed by atoms with van der Waals surface area (Å²) in [6.07, 6.45) is 10.5. The van der Waals surface area contributed by atoms with Crippen molar-refractivity contribution in [3.8, 4) is 40.1 Å². The number of phenolic OH excluding ortho intramolecular Hbond substituents is 4. The molecule has 3 saturated carbocycles. The second-order valence-electron chi connectivity index (χ2n) is 12.8. The van der Waals surface area contributed by atoms with Gasteiger partial charge in [-0.2, -0.15) is 0 Å². The number of carbonyl (C=O) groups excluding carboxylic acids is 2. The molecule has 7 rings (SSSR count). The topological polar surface area (TPSA) is 166 Å². The standard InChI is InChI=1S/C20H24O2.C15H10O7/c1-12-10-14-15-4-5-18(22)20(15,3)9-7-16(14)19(2)8-6-13(21)11-17(12)19;16-7-4-10(19)12-11(5-7)22-15(14(21)13(12)20)6-1-2-8(17)9(18)3-6/h6,8,11,14-16H,1,4-5,7,9-10H2,2-3H3;1-5,16-19,21H/t14-,15-,16-,19+,20-;/m0./s1. The minimum absolute atomic E-state index is 0.0686. The van der Waals surface area contributed by atoms with Crippen molar-refractivity contribution in [1.29, 1.82) is 0 Å². The van der Waals surface area contributed by atoms with Gasteiger partial charge in [-0.1, -0.05) is 32.1 Å². The second-order valence-corrected chi connectivity index (χ2v) is 12.8. The summed E-state index contributed by atoms with van der Waals surface area (Å²) in [6.45, 7) is 8.75. The van der Waals surface area contributed by atoms with Crippen LogP contribution in [-0.4, -0.2) is 37.1 Å². The number of allylic oxidation sites excluding steroid dienone is 5. The van der Waals surface area contributed by atoms with Crippen LogP contribution in [0, 0.1) is 28.6 Å². The first kappa shape index (κ1) is 29.3. The van der Waals surface area contributed by atoms with Crippen molar-refractivity contribution in [3.63, 3.8) is 0 Å². The molecule has 5 atom stereocenters. The summed E-state index contributed by atoms with van der Waals surface area (Å²) in [7, 11) is 0. The Morgan fingerprint density at radius 3 is 2.39 bits per heavy atom. The molecule has 4 aliphatic rings. The first-order chi connectivity index (χ1) is 20.7. The van der Waals surface area contributed by atoms with Gasteiger partial charge >= 0.3 is 0 Å². The predicted octanol–water partition coefficient (Wildman–Crippen LogP) is 6.02. The molecule has 0 bridgehead atoms. The number of fused-ring (bicyclic) bond motifs is 6. The summed E-state index contributed by atoms with van der Waals surface area (Å²) in [6, 6.07) is 5.64. The fourth-order valence-electron chi connectivity index (χ4n) is 8.11. The summed E-state index contributed by atoms with van der Waals surface area (Å²) < 4.78 is 5.35. The summed E-state index contributed by atoms with van der Waals surface area (Å²) in [5, 5.41) is 47.6. The van der Waals surface area contributed by atoms with Crippen molar-refractivity contribution in [2.75, 3.05) is 0 Å². The Balaban J connectivity index is 0.000000156. The number of Topliss-reactive ketones (excluding diaryl/α,β-unsaturated/α-hetero) is 1. The van der Waals surface area contributed by atoms with Crippen LogP contribution in [0.4, 0.5) is 0 Å². The Labute approximate surface area is 253 Å². The number of hydrogen-bond donors (Lipinski definition) is 5. The highest BCUT2D eigenvalue weighted by Crippen LogP contribution is 2.64. The molecule has 3 fully saturated rings. The van der Waals surface area contributed by atoms with Gasteiger partial charge in [-0.15, -0.1) is 0 Å². The van der Waals surface area contributed by atoms with E-state index in [1.165, 1.54) is 6.07 Å². The summed E-state index contributed by atoms with van der Waals surface area (Å²) >= 11 is 0. The van der Waals surface area contributed by atoms with Crippen LogP contribution in [0.5, 0.6) is 28.7 Å². The maximum atomic E-state index is 12.4. The van der Waals surface area contributed by atoms with Gasteiger partial charge < -0.3 is 29.9 Å². The molecule has 9 heteroatoms. The zero-order valence-electron chi connectivity index (χ0n) is 24.5. The molecule has 5 N–H and O–H groups in total. The summed E-state index contributed by atoms with van der Waals surface area (Å²) in [4.78, 5) is 36.3. The molecule has 0 unspecified atom stereocenters. The highest BCUT2D eigenvalue weighted by Gasteiger charge is 2.59. The molecule has 2 aromatic carbocycles. The Bertz CT molecular complexity index is 1880. The Morgan fingerprint density at radius 2 is 1.66 bits per heavy atom. The number of ketones is 2. The lowest BCUT2D eigenvalue weighted by Gasteiger charge is -2.56. The molecule has 44 heavy (non-hydrogen) atoms. The number of phenols is 4. The number of rotatable bonds is 1. The molecule has 0 saturated heterocycles. The van der Waals surface area contributed by atoms with E-state index in [-0.39, 0.29) is 50.4 Å². The molecule has 3 aromatic rings. The third kappa shape index (κ3) is 4.41. The third-order valence-corrected chi connectivity index (χ3v) is 10.4. The van der Waals surface area contributed by atoms with E-state index in [1.807, 2.05) is 0 Å². The maximum absolute atomic E-state index is 12.4. The average Bonchev–Trinajstić information content (AvgIpc) is 3.27. The number of hydrogen-bond acceptors (Lipinski definition) is 9. The lowest BCUT2D eigenvalue weighted by Crippen LogP contribution is -2.50. The molecule has 1 heterocycles. The largest absolute Gasteiger partial charge is 0.508 e. The molecule has 9 nitrogen and oxygen atoms in total. The zero-order valence-corrected chi connectivity index (χ0v) is 24.5. The first-order valence-corrected chi connectivity index (χ1v) is 14.7. The Hall–Kier alpha value is -4.79. The van der Waals surface area contributed by atoms with Crippen LogP contribution < -0.4 is 5.43 Å². The van der Waals surface area contributed by atoms with E-state index in [1.54, 1.807) is 12.2 Å². The number of benzene rings is 2. The minimum Gasteiger partial charge on any atom is -0.508 e. The van der Waals surface area contributed by atoms with E-state index in [4.69, 9.17) is 4.42 Å². The van der Waals surface area contributed by atoms with E-state index in [9.17, 15) is 39.9 Å². The van der Waals surface area contributed by atoms with Crippen molar-refractivity contribution in [2.24, 2.45) is 28.6 Å². The number of aromatic hydroxyl groups is 5. The first-order valence-electron chi connectivity index (χ1n) is 14.7.